The van der Waals surface area contributed by atoms with Crippen LogP contribution < -0.4 is 0 Å². The van der Waals surface area contributed by atoms with Gasteiger partial charge in [0.15, 0.2) is 24.8 Å². The molecule has 0 aromatic heterocycles. The van der Waals surface area contributed by atoms with Gasteiger partial charge in [0.25, 0.3) is 0 Å². The van der Waals surface area contributed by atoms with Crippen LogP contribution in [-0.2, 0) is 38.2 Å². The Labute approximate surface area is 354 Å². The van der Waals surface area contributed by atoms with E-state index in [9.17, 15) is 49.2 Å². The van der Waals surface area contributed by atoms with Crippen molar-refractivity contribution in [1.82, 2.24) is 0 Å². The summed E-state index contributed by atoms with van der Waals surface area (Å²) in [7, 11) is 0. The monoisotopic (exact) mass is 836 g/mol. The van der Waals surface area contributed by atoms with E-state index >= 15 is 0 Å². The number of hydrogen-bond acceptors (Lipinski definition) is 12. The lowest BCUT2D eigenvalue weighted by Gasteiger charge is -2.60. The molecule has 332 valence electrons. The molecule has 0 radical (unpaired) electrons. The number of aliphatic hydroxyl groups is 4. The molecule has 3 unspecified atom stereocenters. The summed E-state index contributed by atoms with van der Waals surface area (Å²) in [5.74, 6) is -0.785. The number of fused-ring (bicyclic) bond motifs is 10. The number of rotatable bonds is 8. The van der Waals surface area contributed by atoms with Crippen LogP contribution in [-0.4, -0.2) is 92.1 Å². The fourth-order valence-corrected chi connectivity index (χ4v) is 15.1. The third kappa shape index (κ3) is 6.92. The number of carbonyl (C=O) groups is 6. The predicted molar refractivity (Wildman–Crippen MR) is 219 cm³/mol. The summed E-state index contributed by atoms with van der Waals surface area (Å²) in [5.41, 5.74) is -2.72. The molecule has 0 bridgehead atoms. The summed E-state index contributed by atoms with van der Waals surface area (Å²) in [5, 5.41) is 45.7. The van der Waals surface area contributed by atoms with Gasteiger partial charge in [-0.2, -0.15) is 0 Å². The number of allylic oxidation sites excluding steroid dienone is 2. The quantitative estimate of drug-likeness (QED) is 0.225. The van der Waals surface area contributed by atoms with Gasteiger partial charge in [-0.25, -0.2) is 0 Å². The molecule has 0 heterocycles. The molecule has 0 amide bonds. The number of esters is 2. The fraction of sp³-hybridized carbons (Fsp3) is 0.792. The lowest BCUT2D eigenvalue weighted by molar-refractivity contribution is -0.184. The molecule has 12 nitrogen and oxygen atoms in total. The van der Waals surface area contributed by atoms with E-state index in [0.29, 0.717) is 44.9 Å². The summed E-state index contributed by atoms with van der Waals surface area (Å²) < 4.78 is 10.0. The maximum absolute atomic E-state index is 13.1. The molecule has 8 aliphatic rings. The van der Waals surface area contributed by atoms with Gasteiger partial charge in [0, 0.05) is 37.0 Å². The van der Waals surface area contributed by atoms with Crippen molar-refractivity contribution in [3.05, 3.63) is 23.3 Å². The minimum Gasteiger partial charge on any atom is -0.458 e. The van der Waals surface area contributed by atoms with Gasteiger partial charge < -0.3 is 29.9 Å². The van der Waals surface area contributed by atoms with Gasteiger partial charge >= 0.3 is 11.9 Å². The molecule has 4 N–H and O–H groups in total. The minimum atomic E-state index is -1.59. The largest absolute Gasteiger partial charge is 0.458 e. The summed E-state index contributed by atoms with van der Waals surface area (Å²) >= 11 is 0. The van der Waals surface area contributed by atoms with Crippen LogP contribution in [0.4, 0.5) is 0 Å². The molecule has 0 spiro atoms. The van der Waals surface area contributed by atoms with Crippen molar-refractivity contribution in [2.24, 2.45) is 57.2 Å². The molecule has 0 aliphatic heterocycles. The molecule has 6 fully saturated rings. The van der Waals surface area contributed by atoms with Gasteiger partial charge in [0.2, 0.25) is 11.6 Å². The zero-order valence-corrected chi connectivity index (χ0v) is 36.6. The highest BCUT2D eigenvalue weighted by atomic mass is 16.5. The fourth-order valence-electron chi connectivity index (χ4n) is 15.1. The van der Waals surface area contributed by atoms with Crippen molar-refractivity contribution in [2.45, 2.75) is 168 Å². The summed E-state index contributed by atoms with van der Waals surface area (Å²) in [6.07, 6.45) is 12.0. The number of ketones is 4. The minimum absolute atomic E-state index is 0.0403. The molecule has 8 rings (SSSR count). The Kier molecular flexibility index (Phi) is 11.9. The Bertz CT molecular complexity index is 1870. The van der Waals surface area contributed by atoms with Crippen molar-refractivity contribution in [3.63, 3.8) is 0 Å². The van der Waals surface area contributed by atoms with E-state index in [2.05, 4.69) is 13.8 Å². The first-order valence-electron chi connectivity index (χ1n) is 22.7. The Morgan fingerprint density at radius 3 is 1.47 bits per heavy atom. The van der Waals surface area contributed by atoms with Crippen LogP contribution in [0.5, 0.6) is 0 Å². The SMILES string of the molecule is CC(=O)OCC(=O)[C@@]1(O)CC[C@H]2[C@@H]3CCC4=CC(=O)CC[C@]4(C)[C@H]3[C@@H](O)C[C@@]21C.CCCC(=O)OCC(=O)[C@@]1(O)CCC2C3CCC4=CC(=O)CC[C@]4(C)C3[C@@H](O)C[C@@]21C. The lowest BCUT2D eigenvalue weighted by Crippen LogP contribution is -2.62. The van der Waals surface area contributed by atoms with E-state index in [1.165, 1.54) is 12.5 Å². The van der Waals surface area contributed by atoms with E-state index in [0.717, 1.165) is 56.9 Å². The molecule has 60 heavy (non-hydrogen) atoms. The van der Waals surface area contributed by atoms with Gasteiger partial charge in [0.1, 0.15) is 11.2 Å². The van der Waals surface area contributed by atoms with Crippen LogP contribution in [0.25, 0.3) is 0 Å². The van der Waals surface area contributed by atoms with Crippen molar-refractivity contribution in [3.8, 4) is 0 Å². The van der Waals surface area contributed by atoms with E-state index in [1.54, 1.807) is 12.2 Å². The Morgan fingerprint density at radius 2 is 1.07 bits per heavy atom. The first-order valence-corrected chi connectivity index (χ1v) is 22.7. The number of ether oxygens (including phenoxy) is 2. The van der Waals surface area contributed by atoms with E-state index in [-0.39, 0.29) is 64.3 Å². The highest BCUT2D eigenvalue weighted by Gasteiger charge is 2.70. The van der Waals surface area contributed by atoms with Crippen LogP contribution in [0.15, 0.2) is 23.3 Å². The summed E-state index contributed by atoms with van der Waals surface area (Å²) in [6, 6.07) is 0. The zero-order chi connectivity index (χ0) is 43.8. The Morgan fingerprint density at radius 1 is 0.650 bits per heavy atom. The van der Waals surface area contributed by atoms with E-state index in [4.69, 9.17) is 9.47 Å². The van der Waals surface area contributed by atoms with Crippen LogP contribution in [0.1, 0.15) is 144 Å². The maximum atomic E-state index is 13.1. The van der Waals surface area contributed by atoms with Crippen molar-refractivity contribution < 1.29 is 58.7 Å². The second-order valence-electron chi connectivity index (χ2n) is 21.0. The third-order valence-electron chi connectivity index (χ3n) is 18.2. The smallest absolute Gasteiger partial charge is 0.306 e. The van der Waals surface area contributed by atoms with Crippen molar-refractivity contribution in [1.29, 1.82) is 0 Å². The van der Waals surface area contributed by atoms with Crippen LogP contribution in [0.2, 0.25) is 0 Å². The van der Waals surface area contributed by atoms with E-state index < -0.39 is 71.0 Å². The number of Topliss-reactive ketones (excluding diaryl/α,β-unsaturated/α-hetero) is 2. The summed E-state index contributed by atoms with van der Waals surface area (Å²) in [6.45, 7) is 10.5. The van der Waals surface area contributed by atoms with Crippen LogP contribution >= 0.6 is 0 Å². The average Bonchev–Trinajstić information content (AvgIpc) is 3.62. The first-order chi connectivity index (χ1) is 28.1. The molecule has 0 aromatic rings. The van der Waals surface area contributed by atoms with Crippen LogP contribution in [0.3, 0.4) is 0 Å². The van der Waals surface area contributed by atoms with E-state index in [1.807, 2.05) is 20.8 Å². The second kappa shape index (κ2) is 15.9. The molecular weight excluding hydrogens is 769 g/mol. The summed E-state index contributed by atoms with van der Waals surface area (Å²) in [4.78, 5) is 72.8. The average molecular weight is 837 g/mol. The highest BCUT2D eigenvalue weighted by Crippen LogP contribution is 2.69. The van der Waals surface area contributed by atoms with Gasteiger partial charge in [-0.15, -0.1) is 0 Å². The van der Waals surface area contributed by atoms with Gasteiger partial charge in [-0.1, -0.05) is 45.8 Å². The molecular formula is C48H68O12. The molecule has 6 saturated carbocycles. The van der Waals surface area contributed by atoms with Gasteiger partial charge in [0.05, 0.1) is 12.2 Å². The topological polar surface area (TPSA) is 202 Å². The standard InChI is InChI=1S/C25H36O6.C23H32O6/c1-4-5-21(29)31-14-20(28)25(30)11-9-18-17-7-6-15-12-16(26)8-10-23(15,2)22(17)19(27)13-24(18,25)3;1-13(24)29-12-19(27)23(28)9-7-17-16-5-4-14-10-15(25)6-8-21(14,2)20(16)18(26)11-22(17,23)3/h12,17-19,22,27,30H,4-11,13-14H2,1-3H3;10,16-18,20,26,28H,4-9,11-12H2,1-3H3/t17?,18?,19-,22?,23-,24-,25-;16-,17-,18-,20+,21-,22-,23-/m00/s1. The Hall–Kier alpha value is -3.06. The Balaban J connectivity index is 0.000000182. The molecule has 12 heteroatoms. The molecule has 0 saturated heterocycles. The maximum Gasteiger partial charge on any atom is 0.306 e. The zero-order valence-electron chi connectivity index (χ0n) is 36.6. The molecule has 0 aromatic carbocycles. The number of carbonyl (C=O) groups excluding carboxylic acids is 6. The van der Waals surface area contributed by atoms with Crippen molar-refractivity contribution >= 4 is 35.1 Å². The predicted octanol–water partition coefficient (Wildman–Crippen LogP) is 5.49. The van der Waals surface area contributed by atoms with Gasteiger partial charge in [-0.3, -0.25) is 28.8 Å². The lowest BCUT2D eigenvalue weighted by atomic mass is 9.45. The highest BCUT2D eigenvalue weighted by molar-refractivity contribution is 5.93. The van der Waals surface area contributed by atoms with Crippen molar-refractivity contribution in [2.75, 3.05) is 13.2 Å². The molecule has 14 atom stereocenters. The molecule has 8 aliphatic carbocycles. The third-order valence-corrected chi connectivity index (χ3v) is 18.2. The number of aliphatic hydroxyl groups excluding tert-OH is 2. The number of hydrogen-bond donors (Lipinski definition) is 4. The van der Waals surface area contributed by atoms with Gasteiger partial charge in [-0.05, 0) is 142 Å². The normalized spacial score (nSPS) is 45.1. The first kappa shape index (κ1) is 45.0. The second-order valence-corrected chi connectivity index (χ2v) is 21.0. The van der Waals surface area contributed by atoms with Crippen LogP contribution in [0, 0.1) is 57.2 Å².